The molecule has 0 saturated carbocycles. The molecule has 0 radical (unpaired) electrons. The summed E-state index contributed by atoms with van der Waals surface area (Å²) >= 11 is 12.1. The van der Waals surface area contributed by atoms with E-state index in [2.05, 4.69) is 27.5 Å². The molecule has 2 aliphatic heterocycles. The van der Waals surface area contributed by atoms with Crippen molar-refractivity contribution in [1.82, 2.24) is 9.97 Å². The van der Waals surface area contributed by atoms with Gasteiger partial charge < -0.3 is 15.5 Å². The average molecular weight is 450 g/mol. The second-order valence-electron chi connectivity index (χ2n) is 7.76. The Labute approximate surface area is 183 Å². The van der Waals surface area contributed by atoms with Gasteiger partial charge in [-0.1, -0.05) is 30.1 Å². The number of halogens is 2. The molecule has 1 aromatic carbocycles. The van der Waals surface area contributed by atoms with Gasteiger partial charge in [-0.15, -0.1) is 0 Å². The van der Waals surface area contributed by atoms with Gasteiger partial charge in [0.2, 0.25) is 17.8 Å². The summed E-state index contributed by atoms with van der Waals surface area (Å²) in [6.45, 7) is 3.69. The normalized spacial score (nSPS) is 21.0. The van der Waals surface area contributed by atoms with Crippen LogP contribution in [0, 0.1) is 5.92 Å². The minimum Gasteiger partial charge on any atom is -0.342 e. The van der Waals surface area contributed by atoms with Gasteiger partial charge >= 0.3 is 0 Å². The predicted octanol–water partition coefficient (Wildman–Crippen LogP) is 3.38. The summed E-state index contributed by atoms with van der Waals surface area (Å²) in [6.07, 6.45) is 1.96. The maximum Gasteiger partial charge on any atom is 0.258 e. The van der Waals surface area contributed by atoms with E-state index < -0.39 is 17.4 Å². The minimum absolute atomic E-state index is 0.126. The van der Waals surface area contributed by atoms with Gasteiger partial charge in [0, 0.05) is 24.5 Å². The van der Waals surface area contributed by atoms with Crippen LogP contribution in [0.3, 0.4) is 0 Å². The molecule has 0 spiro atoms. The molecule has 2 aliphatic rings. The summed E-state index contributed by atoms with van der Waals surface area (Å²) in [6, 6.07) is 4.66. The number of benzene rings is 1. The van der Waals surface area contributed by atoms with E-state index in [4.69, 9.17) is 23.2 Å². The number of aromatic amines is 1. The van der Waals surface area contributed by atoms with Crippen molar-refractivity contribution in [1.29, 1.82) is 0 Å². The predicted molar refractivity (Wildman–Crippen MR) is 117 cm³/mol. The Balaban J connectivity index is 1.66. The van der Waals surface area contributed by atoms with Gasteiger partial charge in [-0.05, 0) is 37.0 Å². The Morgan fingerprint density at radius 3 is 2.87 bits per heavy atom. The highest BCUT2D eigenvalue weighted by molar-refractivity contribution is 6.35. The molecule has 1 saturated heterocycles. The number of H-pyrrole nitrogens is 1. The Bertz CT molecular complexity index is 1070. The first-order valence-corrected chi connectivity index (χ1v) is 10.5. The summed E-state index contributed by atoms with van der Waals surface area (Å²) in [5.74, 6) is -0.882. The molecule has 158 valence electrons. The maximum absolute atomic E-state index is 12.9. The number of piperidine rings is 1. The lowest BCUT2D eigenvalue weighted by Gasteiger charge is -2.32. The van der Waals surface area contributed by atoms with Crippen LogP contribution in [0.25, 0.3) is 0 Å². The van der Waals surface area contributed by atoms with Crippen molar-refractivity contribution in [3.63, 3.8) is 0 Å². The van der Waals surface area contributed by atoms with Crippen LogP contribution >= 0.6 is 23.2 Å². The van der Waals surface area contributed by atoms with Gasteiger partial charge in [-0.2, -0.15) is 4.98 Å². The number of aromatic nitrogens is 2. The fourth-order valence-electron chi connectivity index (χ4n) is 3.93. The van der Waals surface area contributed by atoms with E-state index in [1.165, 1.54) is 6.07 Å². The number of carbonyl (C=O) groups excluding carboxylic acids is 2. The van der Waals surface area contributed by atoms with E-state index in [0.29, 0.717) is 27.6 Å². The summed E-state index contributed by atoms with van der Waals surface area (Å²) in [4.78, 5) is 47.4. The first kappa shape index (κ1) is 20.7. The molecule has 8 nitrogen and oxygen atoms in total. The molecule has 2 amide bonds. The number of hydrogen-bond donors (Lipinski definition) is 3. The molecule has 2 aromatic rings. The molecule has 0 aliphatic carbocycles. The number of fused-ring (bicyclic) bond motifs is 1. The van der Waals surface area contributed by atoms with Crippen molar-refractivity contribution in [3.8, 4) is 0 Å². The number of amides is 2. The van der Waals surface area contributed by atoms with Gasteiger partial charge in [0.05, 0.1) is 22.2 Å². The van der Waals surface area contributed by atoms with Gasteiger partial charge in [-0.25, -0.2) is 0 Å². The molecule has 30 heavy (non-hydrogen) atoms. The summed E-state index contributed by atoms with van der Waals surface area (Å²) in [7, 11) is 0. The van der Waals surface area contributed by atoms with Gasteiger partial charge in [-0.3, -0.25) is 19.4 Å². The van der Waals surface area contributed by atoms with Gasteiger partial charge in [0.1, 0.15) is 5.82 Å². The number of anilines is 3. The van der Waals surface area contributed by atoms with E-state index in [0.717, 1.165) is 25.9 Å². The van der Waals surface area contributed by atoms with Crippen molar-refractivity contribution < 1.29 is 9.59 Å². The third kappa shape index (κ3) is 4.15. The quantitative estimate of drug-likeness (QED) is 0.665. The highest BCUT2D eigenvalue weighted by atomic mass is 35.5. The number of nitrogens with one attached hydrogen (secondary N) is 3. The zero-order valence-electron chi connectivity index (χ0n) is 16.3. The van der Waals surface area contributed by atoms with E-state index in [-0.39, 0.29) is 23.7 Å². The third-order valence-electron chi connectivity index (χ3n) is 5.40. The standard InChI is InChI=1S/C20H21Cl2N5O3/c1-10-3-2-6-27(9-10)20-25-17-16(19(30)26-20)12(8-15(28)24-17)18(29)23-14-7-11(21)4-5-13(14)22/h4-5,7,10,12H,2-3,6,8-9H2,1H3,(H,23,29)(H2,24,25,26,28,30)/t10-,12-/m0/s1. The number of nitrogens with zero attached hydrogens (tertiary/aromatic N) is 2. The van der Waals surface area contributed by atoms with Crippen molar-refractivity contribution >= 4 is 52.5 Å². The minimum atomic E-state index is -0.991. The van der Waals surface area contributed by atoms with Crippen LogP contribution in [0.2, 0.25) is 10.0 Å². The maximum atomic E-state index is 12.9. The number of hydrogen-bond acceptors (Lipinski definition) is 5. The lowest BCUT2D eigenvalue weighted by molar-refractivity contribution is -0.123. The molecule has 4 rings (SSSR count). The highest BCUT2D eigenvalue weighted by Crippen LogP contribution is 2.32. The average Bonchev–Trinajstić information content (AvgIpc) is 2.69. The largest absolute Gasteiger partial charge is 0.342 e. The van der Waals surface area contributed by atoms with Gasteiger partial charge in [0.25, 0.3) is 5.56 Å². The molecule has 10 heteroatoms. The summed E-state index contributed by atoms with van der Waals surface area (Å²) in [5.41, 5.74) is 0.00892. The van der Waals surface area contributed by atoms with Crippen LogP contribution in [-0.2, 0) is 9.59 Å². The van der Waals surface area contributed by atoms with Crippen molar-refractivity contribution in [2.24, 2.45) is 5.92 Å². The van der Waals surface area contributed by atoms with Crippen LogP contribution in [0.1, 0.15) is 37.7 Å². The van der Waals surface area contributed by atoms with Crippen molar-refractivity contribution in [2.45, 2.75) is 32.1 Å². The molecule has 3 heterocycles. The Morgan fingerprint density at radius 1 is 1.30 bits per heavy atom. The monoisotopic (exact) mass is 449 g/mol. The molecule has 2 atom stereocenters. The zero-order chi connectivity index (χ0) is 21.4. The van der Waals surface area contributed by atoms with Crippen molar-refractivity contribution in [2.75, 3.05) is 28.6 Å². The lowest BCUT2D eigenvalue weighted by Crippen LogP contribution is -2.40. The molecular weight excluding hydrogens is 429 g/mol. The second kappa shape index (κ2) is 8.28. The van der Waals surface area contributed by atoms with Crippen LogP contribution in [0.5, 0.6) is 0 Å². The molecular formula is C20H21Cl2N5O3. The third-order valence-corrected chi connectivity index (χ3v) is 5.96. The Hall–Kier alpha value is -2.58. The van der Waals surface area contributed by atoms with E-state index in [1.54, 1.807) is 12.1 Å². The molecule has 3 N–H and O–H groups in total. The van der Waals surface area contributed by atoms with Crippen LogP contribution in [0.15, 0.2) is 23.0 Å². The van der Waals surface area contributed by atoms with Crippen molar-refractivity contribution in [3.05, 3.63) is 44.2 Å². The first-order chi connectivity index (χ1) is 14.3. The summed E-state index contributed by atoms with van der Waals surface area (Å²) in [5, 5.41) is 6.00. The molecule has 1 fully saturated rings. The first-order valence-electron chi connectivity index (χ1n) is 9.76. The fourth-order valence-corrected chi connectivity index (χ4v) is 4.26. The summed E-state index contributed by atoms with van der Waals surface area (Å²) < 4.78 is 0. The Kier molecular flexibility index (Phi) is 5.71. The lowest BCUT2D eigenvalue weighted by atomic mass is 9.92. The fraction of sp³-hybridized carbons (Fsp3) is 0.400. The number of carbonyl (C=O) groups is 2. The second-order valence-corrected chi connectivity index (χ2v) is 8.61. The molecule has 0 unspecified atom stereocenters. The van der Waals surface area contributed by atoms with Gasteiger partial charge in [0.15, 0.2) is 0 Å². The molecule has 0 bridgehead atoms. The smallest absolute Gasteiger partial charge is 0.258 e. The number of rotatable bonds is 3. The van der Waals surface area contributed by atoms with Crippen LogP contribution in [0.4, 0.5) is 17.5 Å². The molecule has 1 aromatic heterocycles. The van der Waals surface area contributed by atoms with Crippen LogP contribution in [-0.4, -0.2) is 34.9 Å². The van der Waals surface area contributed by atoms with E-state index in [1.807, 2.05) is 4.90 Å². The zero-order valence-corrected chi connectivity index (χ0v) is 17.8. The van der Waals surface area contributed by atoms with Crippen LogP contribution < -0.4 is 21.1 Å². The highest BCUT2D eigenvalue weighted by Gasteiger charge is 2.35. The van der Waals surface area contributed by atoms with E-state index >= 15 is 0 Å². The van der Waals surface area contributed by atoms with E-state index in [9.17, 15) is 14.4 Å². The topological polar surface area (TPSA) is 107 Å². The SMILES string of the molecule is C[C@H]1CCCN(c2nc3c(c(=O)[nH]2)[C@@H](C(=O)Nc2cc(Cl)ccc2Cl)CC(=O)N3)C1. The Morgan fingerprint density at radius 2 is 2.10 bits per heavy atom.